The van der Waals surface area contributed by atoms with E-state index in [1.807, 2.05) is 30.3 Å². The third kappa shape index (κ3) is 6.84. The first kappa shape index (κ1) is 19.3. The van der Waals surface area contributed by atoms with E-state index in [9.17, 15) is 9.59 Å². The largest absolute Gasteiger partial charge is 0.489 e. The molecule has 0 unspecified atom stereocenters. The molecule has 1 N–H and O–H groups in total. The third-order valence-electron chi connectivity index (χ3n) is 3.74. The maximum atomic E-state index is 11.9. The highest BCUT2D eigenvalue weighted by atomic mass is 16.5. The highest BCUT2D eigenvalue weighted by Gasteiger charge is 2.10. The Morgan fingerprint density at radius 1 is 0.962 bits per heavy atom. The molecule has 0 radical (unpaired) electrons. The zero-order chi connectivity index (χ0) is 18.8. The first-order chi connectivity index (χ1) is 12.5. The Hall–Kier alpha value is -3.02. The number of carboxylic acids is 1. The minimum atomic E-state index is -0.864. The molecule has 0 aliphatic heterocycles. The molecular formula is C20H23NO5. The smallest absolute Gasteiger partial charge is 0.303 e. The summed E-state index contributed by atoms with van der Waals surface area (Å²) in [7, 11) is 1.63. The van der Waals surface area contributed by atoms with Crippen LogP contribution in [0.3, 0.4) is 0 Å². The van der Waals surface area contributed by atoms with Crippen LogP contribution in [0.25, 0.3) is 0 Å². The van der Waals surface area contributed by atoms with Crippen LogP contribution < -0.4 is 9.47 Å². The summed E-state index contributed by atoms with van der Waals surface area (Å²) in [4.78, 5) is 23.9. The normalized spacial score (nSPS) is 10.2. The van der Waals surface area contributed by atoms with Gasteiger partial charge in [0.2, 0.25) is 0 Å². The van der Waals surface area contributed by atoms with Gasteiger partial charge in [0.15, 0.2) is 6.61 Å². The summed E-state index contributed by atoms with van der Waals surface area (Å²) in [5, 5.41) is 8.60. The Morgan fingerprint density at radius 2 is 1.58 bits per heavy atom. The number of ether oxygens (including phenoxy) is 2. The fourth-order valence-electron chi connectivity index (χ4n) is 2.22. The van der Waals surface area contributed by atoms with Gasteiger partial charge in [0, 0.05) is 20.0 Å². The molecule has 0 heterocycles. The Balaban J connectivity index is 1.72. The molecule has 0 saturated carbocycles. The van der Waals surface area contributed by atoms with Crippen LogP contribution in [0.2, 0.25) is 0 Å². The number of amides is 1. The van der Waals surface area contributed by atoms with Crippen molar-refractivity contribution in [2.75, 3.05) is 20.2 Å². The van der Waals surface area contributed by atoms with Gasteiger partial charge in [0.1, 0.15) is 18.1 Å². The minimum Gasteiger partial charge on any atom is -0.489 e. The van der Waals surface area contributed by atoms with E-state index in [4.69, 9.17) is 14.6 Å². The third-order valence-corrected chi connectivity index (χ3v) is 3.74. The molecule has 0 aliphatic rings. The molecule has 0 saturated heterocycles. The Bertz CT molecular complexity index is 700. The van der Waals surface area contributed by atoms with Crippen molar-refractivity contribution in [2.24, 2.45) is 0 Å². The van der Waals surface area contributed by atoms with Gasteiger partial charge in [-0.05, 0) is 36.2 Å². The first-order valence-electron chi connectivity index (χ1n) is 8.40. The van der Waals surface area contributed by atoms with Crippen LogP contribution in [0.15, 0.2) is 54.6 Å². The molecule has 6 heteroatoms. The van der Waals surface area contributed by atoms with Crippen LogP contribution in [0, 0.1) is 0 Å². The van der Waals surface area contributed by atoms with Crippen LogP contribution in [0.1, 0.15) is 18.4 Å². The zero-order valence-electron chi connectivity index (χ0n) is 14.8. The van der Waals surface area contributed by atoms with E-state index in [0.29, 0.717) is 25.3 Å². The summed E-state index contributed by atoms with van der Waals surface area (Å²) in [5.74, 6) is 0.235. The standard InChI is InChI=1S/C20H23NO5/c1-21(13-5-8-20(23)24)19(22)15-26-18-11-9-17(10-12-18)25-14-16-6-3-2-4-7-16/h2-4,6-7,9-12H,5,8,13-15H2,1H3,(H,23,24). The van der Waals surface area contributed by atoms with Crippen molar-refractivity contribution < 1.29 is 24.2 Å². The molecular weight excluding hydrogens is 334 g/mol. The first-order valence-corrected chi connectivity index (χ1v) is 8.40. The molecule has 0 bridgehead atoms. The van der Waals surface area contributed by atoms with Crippen molar-refractivity contribution in [2.45, 2.75) is 19.4 Å². The predicted molar refractivity (Wildman–Crippen MR) is 97.2 cm³/mol. The van der Waals surface area contributed by atoms with Crippen LogP contribution in [-0.2, 0) is 16.2 Å². The number of nitrogens with zero attached hydrogens (tertiary/aromatic N) is 1. The molecule has 2 aromatic carbocycles. The summed E-state index contributed by atoms with van der Waals surface area (Å²) in [6, 6.07) is 17.0. The lowest BCUT2D eigenvalue weighted by Gasteiger charge is -2.17. The molecule has 26 heavy (non-hydrogen) atoms. The lowest BCUT2D eigenvalue weighted by atomic mass is 10.2. The van der Waals surface area contributed by atoms with Gasteiger partial charge in [-0.15, -0.1) is 0 Å². The molecule has 2 rings (SSSR count). The van der Waals surface area contributed by atoms with Crippen LogP contribution in [0.4, 0.5) is 0 Å². The summed E-state index contributed by atoms with van der Waals surface area (Å²) in [6.45, 7) is 0.787. The molecule has 0 atom stereocenters. The van der Waals surface area contributed by atoms with Crippen molar-refractivity contribution in [1.82, 2.24) is 4.90 Å². The van der Waals surface area contributed by atoms with E-state index < -0.39 is 5.97 Å². The van der Waals surface area contributed by atoms with Crippen LogP contribution in [0.5, 0.6) is 11.5 Å². The van der Waals surface area contributed by atoms with E-state index in [0.717, 1.165) is 11.3 Å². The van der Waals surface area contributed by atoms with Crippen molar-refractivity contribution >= 4 is 11.9 Å². The lowest BCUT2D eigenvalue weighted by molar-refractivity contribution is -0.138. The molecule has 2 aromatic rings. The summed E-state index contributed by atoms with van der Waals surface area (Å²) in [5.41, 5.74) is 1.09. The van der Waals surface area contributed by atoms with Gasteiger partial charge in [-0.25, -0.2) is 0 Å². The van der Waals surface area contributed by atoms with Gasteiger partial charge in [0.25, 0.3) is 5.91 Å². The highest BCUT2D eigenvalue weighted by molar-refractivity contribution is 5.77. The minimum absolute atomic E-state index is 0.0446. The number of carbonyl (C=O) groups is 2. The van der Waals surface area contributed by atoms with E-state index in [2.05, 4.69) is 0 Å². The van der Waals surface area contributed by atoms with Crippen LogP contribution >= 0.6 is 0 Å². The van der Waals surface area contributed by atoms with E-state index in [1.54, 1.807) is 31.3 Å². The number of carboxylic acid groups (broad SMARTS) is 1. The molecule has 1 amide bonds. The van der Waals surface area contributed by atoms with Crippen molar-refractivity contribution in [3.05, 3.63) is 60.2 Å². The predicted octanol–water partition coefficient (Wildman–Crippen LogP) is 2.97. The SMILES string of the molecule is CN(CCCC(=O)O)C(=O)COc1ccc(OCc2ccccc2)cc1. The number of likely N-dealkylation sites (N-methyl/N-ethyl adjacent to an activating group) is 1. The van der Waals surface area contributed by atoms with E-state index in [1.165, 1.54) is 4.90 Å². The lowest BCUT2D eigenvalue weighted by Crippen LogP contribution is -2.32. The fraction of sp³-hybridized carbons (Fsp3) is 0.300. The average molecular weight is 357 g/mol. The van der Waals surface area contributed by atoms with Crippen molar-refractivity contribution in [1.29, 1.82) is 0 Å². The fourth-order valence-corrected chi connectivity index (χ4v) is 2.22. The van der Waals surface area contributed by atoms with Gasteiger partial charge in [0.05, 0.1) is 0 Å². The molecule has 0 spiro atoms. The Labute approximate surface area is 153 Å². The second-order valence-electron chi connectivity index (χ2n) is 5.85. The van der Waals surface area contributed by atoms with Crippen LogP contribution in [-0.4, -0.2) is 42.1 Å². The number of hydrogen-bond acceptors (Lipinski definition) is 4. The number of benzene rings is 2. The summed E-state index contributed by atoms with van der Waals surface area (Å²) < 4.78 is 11.2. The van der Waals surface area contributed by atoms with Crippen molar-refractivity contribution in [3.63, 3.8) is 0 Å². The van der Waals surface area contributed by atoms with Crippen molar-refractivity contribution in [3.8, 4) is 11.5 Å². The van der Waals surface area contributed by atoms with Gasteiger partial charge in [-0.2, -0.15) is 0 Å². The Kier molecular flexibility index (Phi) is 7.49. The van der Waals surface area contributed by atoms with Gasteiger partial charge in [-0.1, -0.05) is 30.3 Å². The molecule has 6 nitrogen and oxygen atoms in total. The summed E-state index contributed by atoms with van der Waals surface area (Å²) in [6.07, 6.45) is 0.466. The topological polar surface area (TPSA) is 76.1 Å². The number of aliphatic carboxylic acids is 1. The maximum Gasteiger partial charge on any atom is 0.303 e. The molecule has 0 aliphatic carbocycles. The number of rotatable bonds is 10. The van der Waals surface area contributed by atoms with E-state index >= 15 is 0 Å². The second kappa shape index (κ2) is 10.1. The highest BCUT2D eigenvalue weighted by Crippen LogP contribution is 2.18. The van der Waals surface area contributed by atoms with Gasteiger partial charge >= 0.3 is 5.97 Å². The zero-order valence-corrected chi connectivity index (χ0v) is 14.8. The monoisotopic (exact) mass is 357 g/mol. The maximum absolute atomic E-state index is 11.9. The Morgan fingerprint density at radius 3 is 2.19 bits per heavy atom. The molecule has 138 valence electrons. The second-order valence-corrected chi connectivity index (χ2v) is 5.85. The van der Waals surface area contributed by atoms with Gasteiger partial charge in [-0.3, -0.25) is 9.59 Å². The quantitative estimate of drug-likeness (QED) is 0.707. The van der Waals surface area contributed by atoms with Gasteiger partial charge < -0.3 is 19.5 Å². The average Bonchev–Trinajstić information content (AvgIpc) is 2.65. The number of hydrogen-bond donors (Lipinski definition) is 1. The molecule has 0 aromatic heterocycles. The number of carbonyl (C=O) groups excluding carboxylic acids is 1. The van der Waals surface area contributed by atoms with E-state index in [-0.39, 0.29) is 18.9 Å². The molecule has 0 fully saturated rings. The summed E-state index contributed by atoms with van der Waals surface area (Å²) >= 11 is 0.